The highest BCUT2D eigenvalue weighted by Gasteiger charge is 2.15. The molecule has 0 bridgehead atoms. The first-order valence-electron chi connectivity index (χ1n) is 9.85. The number of anilines is 1. The van der Waals surface area contributed by atoms with Crippen molar-refractivity contribution >= 4 is 29.3 Å². The lowest BCUT2D eigenvalue weighted by atomic mass is 10.0. The molecule has 0 radical (unpaired) electrons. The Balaban J connectivity index is 1.57. The van der Waals surface area contributed by atoms with Crippen LogP contribution in [0.5, 0.6) is 0 Å². The van der Waals surface area contributed by atoms with Crippen LogP contribution < -0.4 is 10.6 Å². The lowest BCUT2D eigenvalue weighted by Crippen LogP contribution is -2.24. The lowest BCUT2D eigenvalue weighted by molar-refractivity contribution is -0.113. The number of carbonyl (C=O) groups is 2. The number of benzene rings is 1. The molecule has 9 heteroatoms. The van der Waals surface area contributed by atoms with Gasteiger partial charge in [-0.05, 0) is 35.7 Å². The van der Waals surface area contributed by atoms with Crippen molar-refractivity contribution in [2.45, 2.75) is 38.0 Å². The van der Waals surface area contributed by atoms with Crippen molar-refractivity contribution in [1.29, 1.82) is 0 Å². The van der Waals surface area contributed by atoms with E-state index < -0.39 is 0 Å². The monoisotopic (exact) mass is 439 g/mol. The van der Waals surface area contributed by atoms with Gasteiger partial charge in [-0.25, -0.2) is 0 Å². The Morgan fingerprint density at radius 3 is 2.65 bits per heavy atom. The normalized spacial score (nSPS) is 10.8. The Labute approximate surface area is 185 Å². The van der Waals surface area contributed by atoms with Gasteiger partial charge in [-0.2, -0.15) is 0 Å². The zero-order valence-corrected chi connectivity index (χ0v) is 18.3. The summed E-state index contributed by atoms with van der Waals surface area (Å²) in [7, 11) is 0. The molecule has 2 aromatic heterocycles. The van der Waals surface area contributed by atoms with E-state index in [0.717, 1.165) is 5.69 Å². The molecule has 2 N–H and O–H groups in total. The molecule has 8 nitrogen and oxygen atoms in total. The van der Waals surface area contributed by atoms with Crippen LogP contribution in [0.15, 0.2) is 64.9 Å². The highest BCUT2D eigenvalue weighted by molar-refractivity contribution is 7.99. The fourth-order valence-electron chi connectivity index (χ4n) is 2.80. The van der Waals surface area contributed by atoms with Gasteiger partial charge in [0.2, 0.25) is 5.91 Å². The van der Waals surface area contributed by atoms with E-state index in [1.165, 1.54) is 23.6 Å². The van der Waals surface area contributed by atoms with Crippen molar-refractivity contribution < 1.29 is 14.0 Å². The van der Waals surface area contributed by atoms with E-state index in [1.807, 2.05) is 28.8 Å². The minimum atomic E-state index is -0.338. The van der Waals surface area contributed by atoms with E-state index in [4.69, 9.17) is 4.42 Å². The molecule has 0 fully saturated rings. The number of hydrogen-bond acceptors (Lipinski definition) is 6. The minimum absolute atomic E-state index is 0.136. The largest absolute Gasteiger partial charge is 0.459 e. The zero-order chi connectivity index (χ0) is 22.2. The van der Waals surface area contributed by atoms with Crippen LogP contribution >= 0.6 is 11.8 Å². The second-order valence-electron chi connectivity index (χ2n) is 7.07. The van der Waals surface area contributed by atoms with Gasteiger partial charge in [0.25, 0.3) is 5.91 Å². The Morgan fingerprint density at radius 1 is 1.23 bits per heavy atom. The van der Waals surface area contributed by atoms with Gasteiger partial charge in [-0.1, -0.05) is 43.8 Å². The summed E-state index contributed by atoms with van der Waals surface area (Å²) >= 11 is 1.27. The highest BCUT2D eigenvalue weighted by Crippen LogP contribution is 2.20. The van der Waals surface area contributed by atoms with Crippen molar-refractivity contribution in [3.63, 3.8) is 0 Å². The van der Waals surface area contributed by atoms with Gasteiger partial charge >= 0.3 is 0 Å². The van der Waals surface area contributed by atoms with Crippen LogP contribution in [-0.2, 0) is 17.9 Å². The van der Waals surface area contributed by atoms with Crippen molar-refractivity contribution in [2.24, 2.45) is 0 Å². The fourth-order valence-corrected chi connectivity index (χ4v) is 3.57. The summed E-state index contributed by atoms with van der Waals surface area (Å²) in [6.45, 7) is 8.64. The van der Waals surface area contributed by atoms with E-state index in [-0.39, 0.29) is 29.9 Å². The highest BCUT2D eigenvalue weighted by atomic mass is 32.2. The number of allylic oxidation sites excluding steroid dienone is 1. The fraction of sp³-hybridized carbons (Fsp3) is 0.273. The van der Waals surface area contributed by atoms with Crippen LogP contribution in [0, 0.1) is 0 Å². The van der Waals surface area contributed by atoms with Crippen LogP contribution in [0.2, 0.25) is 0 Å². The number of nitrogens with zero attached hydrogens (tertiary/aromatic N) is 3. The van der Waals surface area contributed by atoms with E-state index in [1.54, 1.807) is 18.2 Å². The quantitative estimate of drug-likeness (QED) is 0.368. The summed E-state index contributed by atoms with van der Waals surface area (Å²) in [5, 5.41) is 14.5. The maximum atomic E-state index is 12.3. The molecule has 31 heavy (non-hydrogen) atoms. The Bertz CT molecular complexity index is 1030. The molecule has 0 aliphatic carbocycles. The summed E-state index contributed by atoms with van der Waals surface area (Å²) < 4.78 is 6.89. The molecule has 2 heterocycles. The number of furan rings is 1. The molecule has 3 rings (SSSR count). The molecule has 2 amide bonds. The topological polar surface area (TPSA) is 102 Å². The number of hydrogen-bond donors (Lipinski definition) is 2. The number of carbonyl (C=O) groups excluding carboxylic acids is 2. The first-order valence-corrected chi connectivity index (χ1v) is 10.8. The maximum Gasteiger partial charge on any atom is 0.287 e. The van der Waals surface area contributed by atoms with Crippen LogP contribution in [-0.4, -0.2) is 32.3 Å². The summed E-state index contributed by atoms with van der Waals surface area (Å²) in [5.41, 5.74) is 1.97. The molecule has 1 aromatic carbocycles. The summed E-state index contributed by atoms with van der Waals surface area (Å²) in [5.74, 6) is 0.933. The number of rotatable bonds is 10. The maximum absolute atomic E-state index is 12.3. The lowest BCUT2D eigenvalue weighted by Gasteiger charge is -2.09. The number of amides is 2. The third kappa shape index (κ3) is 6.08. The van der Waals surface area contributed by atoms with Gasteiger partial charge in [0.15, 0.2) is 16.7 Å². The van der Waals surface area contributed by atoms with Gasteiger partial charge in [0, 0.05) is 12.2 Å². The second kappa shape index (κ2) is 10.6. The third-order valence-corrected chi connectivity index (χ3v) is 5.42. The first kappa shape index (κ1) is 22.4. The van der Waals surface area contributed by atoms with Crippen molar-refractivity contribution in [2.75, 3.05) is 11.1 Å². The predicted molar refractivity (Wildman–Crippen MR) is 120 cm³/mol. The van der Waals surface area contributed by atoms with Gasteiger partial charge < -0.3 is 19.6 Å². The SMILES string of the molecule is C=CCn1c(CNC(=O)c2ccco2)nnc1SCC(=O)Nc1ccc(C(C)C)cc1. The molecule has 3 aromatic rings. The molecule has 0 atom stereocenters. The van der Waals surface area contributed by atoms with Gasteiger partial charge in [0.1, 0.15) is 0 Å². The van der Waals surface area contributed by atoms with Gasteiger partial charge in [0.05, 0.1) is 18.6 Å². The second-order valence-corrected chi connectivity index (χ2v) is 8.01. The molecule has 162 valence electrons. The number of aromatic nitrogens is 3. The average molecular weight is 440 g/mol. The summed E-state index contributed by atoms with van der Waals surface area (Å²) in [4.78, 5) is 24.4. The minimum Gasteiger partial charge on any atom is -0.459 e. The van der Waals surface area contributed by atoms with Crippen LogP contribution in [0.1, 0.15) is 41.7 Å². The molecular weight excluding hydrogens is 414 g/mol. The summed E-state index contributed by atoms with van der Waals surface area (Å²) in [6, 6.07) is 11.1. The number of nitrogens with one attached hydrogen (secondary N) is 2. The van der Waals surface area contributed by atoms with Gasteiger partial charge in [-0.3, -0.25) is 9.59 Å². The van der Waals surface area contributed by atoms with E-state index in [0.29, 0.717) is 23.4 Å². The summed E-state index contributed by atoms with van der Waals surface area (Å²) in [6.07, 6.45) is 3.15. The third-order valence-electron chi connectivity index (χ3n) is 4.45. The van der Waals surface area contributed by atoms with Crippen LogP contribution in [0.3, 0.4) is 0 Å². The number of thioether (sulfide) groups is 1. The Kier molecular flexibility index (Phi) is 7.66. The zero-order valence-electron chi connectivity index (χ0n) is 17.5. The molecule has 0 saturated carbocycles. The average Bonchev–Trinajstić information content (AvgIpc) is 3.42. The molecule has 0 saturated heterocycles. The molecule has 0 aliphatic heterocycles. The molecular formula is C22H25N5O3S. The Hall–Kier alpha value is -3.33. The van der Waals surface area contributed by atoms with Gasteiger partial charge in [-0.15, -0.1) is 16.8 Å². The smallest absolute Gasteiger partial charge is 0.287 e. The van der Waals surface area contributed by atoms with Crippen LogP contribution in [0.25, 0.3) is 0 Å². The van der Waals surface area contributed by atoms with E-state index >= 15 is 0 Å². The van der Waals surface area contributed by atoms with Crippen molar-refractivity contribution in [1.82, 2.24) is 20.1 Å². The Morgan fingerprint density at radius 2 is 2.00 bits per heavy atom. The van der Waals surface area contributed by atoms with Crippen LogP contribution in [0.4, 0.5) is 5.69 Å². The predicted octanol–water partition coefficient (Wildman–Crippen LogP) is 3.84. The van der Waals surface area contributed by atoms with E-state index in [2.05, 4.69) is 41.3 Å². The first-order chi connectivity index (χ1) is 15.0. The standard InChI is InChI=1S/C22H25N5O3S/c1-4-11-27-19(13-23-21(29)18-6-5-12-30-18)25-26-22(27)31-14-20(28)24-17-9-7-16(8-10-17)15(2)3/h4-10,12,15H,1,11,13-14H2,2-3H3,(H,23,29)(H,24,28). The van der Waals surface area contributed by atoms with Crippen molar-refractivity contribution in [3.05, 3.63) is 72.5 Å². The molecule has 0 aliphatic rings. The van der Waals surface area contributed by atoms with E-state index in [9.17, 15) is 9.59 Å². The van der Waals surface area contributed by atoms with Crippen molar-refractivity contribution in [3.8, 4) is 0 Å². The molecule has 0 spiro atoms. The molecule has 0 unspecified atom stereocenters.